The largest absolute Gasteiger partial charge is 0.324 e. The van der Waals surface area contributed by atoms with E-state index in [0.29, 0.717) is 31.8 Å². The predicted molar refractivity (Wildman–Crippen MR) is 142 cm³/mol. The summed E-state index contributed by atoms with van der Waals surface area (Å²) in [5.41, 5.74) is 2.66. The number of amides is 1. The molecule has 1 amide bonds. The van der Waals surface area contributed by atoms with Gasteiger partial charge in [0.05, 0.1) is 27.5 Å². The fourth-order valence-electron chi connectivity index (χ4n) is 4.24. The van der Waals surface area contributed by atoms with Gasteiger partial charge in [0.1, 0.15) is 10.6 Å². The number of thioether (sulfide) groups is 1. The molecule has 1 aliphatic rings. The van der Waals surface area contributed by atoms with Gasteiger partial charge in [-0.3, -0.25) is 14.2 Å². The van der Waals surface area contributed by atoms with E-state index in [1.165, 1.54) is 17.0 Å². The van der Waals surface area contributed by atoms with Crippen molar-refractivity contribution in [3.05, 3.63) is 78.6 Å². The van der Waals surface area contributed by atoms with Crippen molar-refractivity contribution < 1.29 is 9.18 Å². The Bertz CT molecular complexity index is 1530. The number of hydrogen-bond acceptors (Lipinski definition) is 5. The number of fused-ring (bicyclic) bond motifs is 3. The molecule has 35 heavy (non-hydrogen) atoms. The average Bonchev–Trinajstić information content (AvgIpc) is 3.20. The van der Waals surface area contributed by atoms with Crippen LogP contribution < -0.4 is 10.9 Å². The number of nitrogens with one attached hydrogen (secondary N) is 1. The molecule has 5 nitrogen and oxygen atoms in total. The van der Waals surface area contributed by atoms with Crippen LogP contribution in [0.1, 0.15) is 28.8 Å². The molecule has 2 aromatic carbocycles. The van der Waals surface area contributed by atoms with Gasteiger partial charge in [-0.2, -0.15) is 0 Å². The van der Waals surface area contributed by atoms with Gasteiger partial charge in [0, 0.05) is 9.90 Å². The molecule has 0 saturated carbocycles. The molecule has 5 rings (SSSR count). The molecule has 0 fully saturated rings. The quantitative estimate of drug-likeness (QED) is 0.220. The Morgan fingerprint density at radius 3 is 2.80 bits per heavy atom. The van der Waals surface area contributed by atoms with Crippen LogP contribution in [0.25, 0.3) is 15.9 Å². The lowest BCUT2D eigenvalue weighted by Gasteiger charge is -2.16. The maximum absolute atomic E-state index is 13.9. The smallest absolute Gasteiger partial charge is 0.267 e. The van der Waals surface area contributed by atoms with Crippen LogP contribution in [0.4, 0.5) is 10.1 Å². The van der Waals surface area contributed by atoms with Crippen LogP contribution in [0.15, 0.2) is 46.3 Å². The van der Waals surface area contributed by atoms with Crippen LogP contribution in [0.5, 0.6) is 0 Å². The van der Waals surface area contributed by atoms with E-state index in [1.807, 2.05) is 13.0 Å². The monoisotopic (exact) mass is 547 g/mol. The first-order chi connectivity index (χ1) is 16.8. The highest BCUT2D eigenvalue weighted by Gasteiger charge is 2.24. The molecule has 0 radical (unpaired) electrons. The third kappa shape index (κ3) is 4.72. The van der Waals surface area contributed by atoms with Crippen molar-refractivity contribution in [2.24, 2.45) is 0 Å². The Morgan fingerprint density at radius 2 is 2.00 bits per heavy atom. The number of carbonyl (C=O) groups is 1. The molecule has 2 heterocycles. The van der Waals surface area contributed by atoms with Crippen molar-refractivity contribution in [1.29, 1.82) is 0 Å². The molecule has 2 aromatic heterocycles. The first kappa shape index (κ1) is 24.3. The minimum atomic E-state index is -0.487. The van der Waals surface area contributed by atoms with Crippen LogP contribution >= 0.6 is 46.3 Å². The lowest BCUT2D eigenvalue weighted by atomic mass is 9.97. The molecular weight excluding hydrogens is 528 g/mol. The first-order valence-electron chi connectivity index (χ1n) is 11.0. The summed E-state index contributed by atoms with van der Waals surface area (Å²) in [7, 11) is 0. The van der Waals surface area contributed by atoms with Gasteiger partial charge in [0.2, 0.25) is 5.91 Å². The van der Waals surface area contributed by atoms with Crippen molar-refractivity contribution in [2.75, 3.05) is 11.1 Å². The summed E-state index contributed by atoms with van der Waals surface area (Å²) < 4.78 is 14.9. The Balaban J connectivity index is 1.55. The van der Waals surface area contributed by atoms with E-state index in [2.05, 4.69) is 5.32 Å². The molecule has 1 N–H and O–H groups in total. The van der Waals surface area contributed by atoms with Crippen LogP contribution in [-0.4, -0.2) is 21.2 Å². The molecular formula is C25H20Cl2FN3O2S2. The van der Waals surface area contributed by atoms with E-state index in [1.54, 1.807) is 28.0 Å². The van der Waals surface area contributed by atoms with Crippen LogP contribution in [0.3, 0.4) is 0 Å². The molecule has 0 aliphatic heterocycles. The third-order valence-corrected chi connectivity index (χ3v) is 8.82. The number of hydrogen-bond donors (Lipinski definition) is 1. The van der Waals surface area contributed by atoms with Gasteiger partial charge in [0.25, 0.3) is 5.56 Å². The van der Waals surface area contributed by atoms with E-state index < -0.39 is 5.82 Å². The number of thiophene rings is 1. The van der Waals surface area contributed by atoms with Crippen LogP contribution in [0.2, 0.25) is 10.0 Å². The summed E-state index contributed by atoms with van der Waals surface area (Å²) in [5, 5.41) is 4.41. The van der Waals surface area contributed by atoms with Crippen LogP contribution in [-0.2, 0) is 17.6 Å². The predicted octanol–water partition coefficient (Wildman–Crippen LogP) is 6.81. The Labute approximate surface area is 219 Å². The molecule has 0 bridgehead atoms. The Morgan fingerprint density at radius 1 is 1.20 bits per heavy atom. The highest BCUT2D eigenvalue weighted by atomic mass is 35.5. The molecule has 4 aromatic rings. The molecule has 0 saturated heterocycles. The first-order valence-corrected chi connectivity index (χ1v) is 13.6. The molecule has 180 valence electrons. The number of carbonyl (C=O) groups excluding carboxylic acids is 1. The topological polar surface area (TPSA) is 64.0 Å². The second kappa shape index (κ2) is 9.93. The number of rotatable bonds is 5. The standard InChI is InChI=1S/C25H20Cl2FN3O2S2/c1-13-16(26)6-4-7-19(13)31-24(33)22-15-5-2-3-8-20(15)35-23(22)30-25(31)34-12-21(32)29-18-10-9-14(28)11-17(18)27/h4,6-7,9-11H,2-3,5,8,12H2,1H3,(H,29,32). The molecule has 0 unspecified atom stereocenters. The van der Waals surface area contributed by atoms with Gasteiger partial charge >= 0.3 is 0 Å². The normalized spacial score (nSPS) is 13.1. The molecule has 0 spiro atoms. The zero-order chi connectivity index (χ0) is 24.7. The number of aryl methyl sites for hydroxylation is 2. The van der Waals surface area contributed by atoms with Crippen molar-refractivity contribution in [2.45, 2.75) is 37.8 Å². The number of halogens is 3. The second-order valence-electron chi connectivity index (χ2n) is 8.27. The van der Waals surface area contributed by atoms with Crippen molar-refractivity contribution >= 4 is 68.1 Å². The summed E-state index contributed by atoms with van der Waals surface area (Å²) in [6.07, 6.45) is 3.98. The Kier molecular flexibility index (Phi) is 6.90. The summed E-state index contributed by atoms with van der Waals surface area (Å²) in [6, 6.07) is 9.17. The highest BCUT2D eigenvalue weighted by molar-refractivity contribution is 7.99. The molecule has 0 atom stereocenters. The summed E-state index contributed by atoms with van der Waals surface area (Å²) in [5.74, 6) is -0.854. The van der Waals surface area contributed by atoms with Gasteiger partial charge < -0.3 is 5.32 Å². The van der Waals surface area contributed by atoms with E-state index in [4.69, 9.17) is 28.2 Å². The van der Waals surface area contributed by atoms with Gasteiger partial charge in [-0.05, 0) is 74.1 Å². The van der Waals surface area contributed by atoms with Gasteiger partial charge in [-0.1, -0.05) is 41.0 Å². The fourth-order valence-corrected chi connectivity index (χ4v) is 6.73. The van der Waals surface area contributed by atoms with E-state index in [9.17, 15) is 14.0 Å². The highest BCUT2D eigenvalue weighted by Crippen LogP contribution is 2.36. The molecule has 10 heteroatoms. The third-order valence-electron chi connectivity index (χ3n) is 5.98. The maximum atomic E-state index is 13.9. The van der Waals surface area contributed by atoms with E-state index in [-0.39, 0.29) is 22.2 Å². The Hall–Kier alpha value is -2.39. The summed E-state index contributed by atoms with van der Waals surface area (Å²) >= 11 is 15.1. The minimum Gasteiger partial charge on any atom is -0.324 e. The van der Waals surface area contributed by atoms with Gasteiger partial charge in [0.15, 0.2) is 5.16 Å². The fraction of sp³-hybridized carbons (Fsp3) is 0.240. The molecule has 1 aliphatic carbocycles. The van der Waals surface area contributed by atoms with E-state index in [0.717, 1.165) is 54.6 Å². The lowest BCUT2D eigenvalue weighted by Crippen LogP contribution is -2.24. The minimum absolute atomic E-state index is 0.0175. The zero-order valence-corrected chi connectivity index (χ0v) is 21.8. The van der Waals surface area contributed by atoms with Gasteiger partial charge in [-0.25, -0.2) is 9.37 Å². The lowest BCUT2D eigenvalue weighted by molar-refractivity contribution is -0.113. The summed E-state index contributed by atoms with van der Waals surface area (Å²) in [6.45, 7) is 1.86. The number of anilines is 1. The number of aromatic nitrogens is 2. The average molecular weight is 548 g/mol. The van der Waals surface area contributed by atoms with Crippen molar-refractivity contribution in [3.63, 3.8) is 0 Å². The number of nitrogens with zero attached hydrogens (tertiary/aromatic N) is 2. The van der Waals surface area contributed by atoms with E-state index >= 15 is 0 Å². The van der Waals surface area contributed by atoms with Crippen molar-refractivity contribution in [3.8, 4) is 5.69 Å². The second-order valence-corrected chi connectivity index (χ2v) is 11.1. The number of benzene rings is 2. The zero-order valence-electron chi connectivity index (χ0n) is 18.7. The SMILES string of the molecule is Cc1c(Cl)cccc1-n1c(SCC(=O)Nc2ccc(F)cc2Cl)nc2sc3c(c2c1=O)CCCC3. The van der Waals surface area contributed by atoms with Crippen molar-refractivity contribution in [1.82, 2.24) is 9.55 Å². The summed E-state index contributed by atoms with van der Waals surface area (Å²) in [4.78, 5) is 33.3. The maximum Gasteiger partial charge on any atom is 0.267 e. The van der Waals surface area contributed by atoms with Crippen LogP contribution in [0, 0.1) is 12.7 Å². The van der Waals surface area contributed by atoms with Gasteiger partial charge in [-0.15, -0.1) is 11.3 Å².